The zero-order valence-electron chi connectivity index (χ0n) is 10.0. The molecule has 9 heteroatoms. The van der Waals surface area contributed by atoms with Crippen LogP contribution in [-0.2, 0) is 14.8 Å². The lowest BCUT2D eigenvalue weighted by Crippen LogP contribution is -2.12. The lowest BCUT2D eigenvalue weighted by Gasteiger charge is -2.05. The summed E-state index contributed by atoms with van der Waals surface area (Å²) in [6, 6.07) is 1.31. The number of anilines is 1. The summed E-state index contributed by atoms with van der Waals surface area (Å²) in [7, 11) is -3.80. The van der Waals surface area contributed by atoms with Crippen LogP contribution in [-0.4, -0.2) is 34.7 Å². The average Bonchev–Trinajstić information content (AvgIpc) is 2.89. The van der Waals surface area contributed by atoms with Gasteiger partial charge in [0.05, 0.1) is 11.9 Å². The van der Waals surface area contributed by atoms with E-state index in [-0.39, 0.29) is 10.6 Å². The van der Waals surface area contributed by atoms with Crippen molar-refractivity contribution < 1.29 is 18.3 Å². The molecule has 0 unspecified atom stereocenters. The number of carboxylic acid groups (broad SMARTS) is 1. The predicted octanol–water partition coefficient (Wildman–Crippen LogP) is 0.703. The number of hydrogen-bond acceptors (Lipinski definition) is 5. The minimum Gasteiger partial charge on any atom is -0.478 e. The molecule has 2 aromatic heterocycles. The van der Waals surface area contributed by atoms with Gasteiger partial charge in [-0.25, -0.2) is 13.2 Å². The molecular formula is C11H10N4O4S. The van der Waals surface area contributed by atoms with Gasteiger partial charge in [-0.1, -0.05) is 0 Å². The molecule has 0 atom stereocenters. The maximum absolute atomic E-state index is 12.1. The first-order chi connectivity index (χ1) is 9.47. The summed E-state index contributed by atoms with van der Waals surface area (Å²) in [6.45, 7) is 0. The number of nitrogens with one attached hydrogen (secondary N) is 2. The second-order valence-corrected chi connectivity index (χ2v) is 5.40. The molecular weight excluding hydrogens is 284 g/mol. The Balaban J connectivity index is 2.28. The van der Waals surface area contributed by atoms with Crippen molar-refractivity contribution in [2.75, 3.05) is 4.72 Å². The fourth-order valence-corrected chi connectivity index (χ4v) is 2.39. The van der Waals surface area contributed by atoms with Gasteiger partial charge in [-0.3, -0.25) is 14.8 Å². The van der Waals surface area contributed by atoms with Crippen LogP contribution in [0.3, 0.4) is 0 Å². The number of carboxylic acids is 1. The fourth-order valence-electron chi connectivity index (χ4n) is 1.36. The second-order valence-electron chi connectivity index (χ2n) is 3.72. The monoisotopic (exact) mass is 294 g/mol. The van der Waals surface area contributed by atoms with Gasteiger partial charge in [0.25, 0.3) is 10.0 Å². The highest BCUT2D eigenvalue weighted by molar-refractivity contribution is 7.92. The number of sulfonamides is 1. The van der Waals surface area contributed by atoms with Crippen LogP contribution in [0.2, 0.25) is 0 Å². The SMILES string of the molecule is O=C(O)C=Cc1cncc(S(=O)(=O)Nc2cn[nH]c2)c1. The van der Waals surface area contributed by atoms with Crippen LogP contribution < -0.4 is 4.72 Å². The Morgan fingerprint density at radius 3 is 2.80 bits per heavy atom. The van der Waals surface area contributed by atoms with E-state index in [1.165, 1.54) is 36.9 Å². The highest BCUT2D eigenvalue weighted by atomic mass is 32.2. The Hall–Kier alpha value is -2.68. The average molecular weight is 294 g/mol. The summed E-state index contributed by atoms with van der Waals surface area (Å²) < 4.78 is 26.4. The van der Waals surface area contributed by atoms with Crippen molar-refractivity contribution in [2.24, 2.45) is 0 Å². The van der Waals surface area contributed by atoms with E-state index in [1.807, 2.05) is 0 Å². The number of nitrogens with zero attached hydrogens (tertiary/aromatic N) is 2. The van der Waals surface area contributed by atoms with Crippen molar-refractivity contribution in [1.29, 1.82) is 0 Å². The largest absolute Gasteiger partial charge is 0.478 e. The lowest BCUT2D eigenvalue weighted by molar-refractivity contribution is -0.131. The molecule has 0 aliphatic rings. The number of H-pyrrole nitrogens is 1. The van der Waals surface area contributed by atoms with Crippen LogP contribution in [0.4, 0.5) is 5.69 Å². The molecule has 2 heterocycles. The Bertz CT molecular complexity index is 738. The zero-order chi connectivity index (χ0) is 14.6. The molecule has 2 rings (SSSR count). The zero-order valence-corrected chi connectivity index (χ0v) is 10.8. The topological polar surface area (TPSA) is 125 Å². The number of aliphatic carboxylic acids is 1. The van der Waals surface area contributed by atoms with E-state index in [2.05, 4.69) is 19.9 Å². The normalized spacial score (nSPS) is 11.6. The van der Waals surface area contributed by atoms with Gasteiger partial charge in [0, 0.05) is 24.7 Å². The molecule has 0 aliphatic carbocycles. The van der Waals surface area contributed by atoms with Crippen LogP contribution in [0.25, 0.3) is 6.08 Å². The van der Waals surface area contributed by atoms with Gasteiger partial charge in [0.2, 0.25) is 0 Å². The number of rotatable bonds is 5. The number of aromatic amines is 1. The fraction of sp³-hybridized carbons (Fsp3) is 0. The molecule has 2 aromatic rings. The smallest absolute Gasteiger partial charge is 0.328 e. The first-order valence-electron chi connectivity index (χ1n) is 5.35. The molecule has 0 bridgehead atoms. The minimum absolute atomic E-state index is 0.0776. The Kier molecular flexibility index (Phi) is 3.80. The highest BCUT2D eigenvalue weighted by Gasteiger charge is 2.15. The second kappa shape index (κ2) is 5.53. The number of pyridine rings is 1. The molecule has 0 spiro atoms. The summed E-state index contributed by atoms with van der Waals surface area (Å²) in [5, 5.41) is 14.6. The van der Waals surface area contributed by atoms with Crippen LogP contribution in [0.15, 0.2) is 41.8 Å². The third kappa shape index (κ3) is 3.42. The molecule has 0 amide bonds. The van der Waals surface area contributed by atoms with E-state index in [1.54, 1.807) is 0 Å². The predicted molar refractivity (Wildman–Crippen MR) is 70.3 cm³/mol. The van der Waals surface area contributed by atoms with Crippen molar-refractivity contribution in [2.45, 2.75) is 4.90 Å². The molecule has 0 radical (unpaired) electrons. The van der Waals surface area contributed by atoms with E-state index < -0.39 is 16.0 Å². The molecule has 20 heavy (non-hydrogen) atoms. The van der Waals surface area contributed by atoms with Gasteiger partial charge in [-0.2, -0.15) is 5.10 Å². The standard InChI is InChI=1S/C11H10N4O4S/c16-11(17)2-1-8-3-10(7-12-4-8)20(18,19)15-9-5-13-14-6-9/h1-7,15H,(H,13,14)(H,16,17). The molecule has 8 nitrogen and oxygen atoms in total. The first kappa shape index (κ1) is 13.7. The third-order valence-electron chi connectivity index (χ3n) is 2.21. The van der Waals surface area contributed by atoms with E-state index in [9.17, 15) is 13.2 Å². The van der Waals surface area contributed by atoms with Gasteiger partial charge < -0.3 is 5.11 Å². The van der Waals surface area contributed by atoms with Crippen LogP contribution in [0.1, 0.15) is 5.56 Å². The van der Waals surface area contributed by atoms with Crippen LogP contribution in [0, 0.1) is 0 Å². The Morgan fingerprint density at radius 2 is 2.15 bits per heavy atom. The van der Waals surface area contributed by atoms with Gasteiger partial charge in [-0.15, -0.1) is 0 Å². The molecule has 3 N–H and O–H groups in total. The van der Waals surface area contributed by atoms with E-state index in [0.29, 0.717) is 5.56 Å². The van der Waals surface area contributed by atoms with E-state index in [4.69, 9.17) is 5.11 Å². The maximum atomic E-state index is 12.1. The number of carbonyl (C=O) groups is 1. The molecule has 0 saturated carbocycles. The molecule has 0 fully saturated rings. The molecule has 0 saturated heterocycles. The van der Waals surface area contributed by atoms with Crippen LogP contribution >= 0.6 is 0 Å². The van der Waals surface area contributed by atoms with Crippen LogP contribution in [0.5, 0.6) is 0 Å². The van der Waals surface area contributed by atoms with Crippen molar-refractivity contribution in [1.82, 2.24) is 15.2 Å². The maximum Gasteiger partial charge on any atom is 0.328 e. The Morgan fingerprint density at radius 1 is 1.35 bits per heavy atom. The number of hydrogen-bond donors (Lipinski definition) is 3. The van der Waals surface area contributed by atoms with Gasteiger partial charge in [0.1, 0.15) is 4.90 Å². The quantitative estimate of drug-likeness (QED) is 0.697. The highest BCUT2D eigenvalue weighted by Crippen LogP contribution is 2.15. The van der Waals surface area contributed by atoms with Gasteiger partial charge in [0.15, 0.2) is 0 Å². The minimum atomic E-state index is -3.80. The van der Waals surface area contributed by atoms with E-state index in [0.717, 1.165) is 6.08 Å². The summed E-state index contributed by atoms with van der Waals surface area (Å²) in [5.41, 5.74) is 0.652. The van der Waals surface area contributed by atoms with Crippen molar-refractivity contribution in [3.8, 4) is 0 Å². The summed E-state index contributed by atoms with van der Waals surface area (Å²) >= 11 is 0. The molecule has 104 valence electrons. The molecule has 0 aromatic carbocycles. The Labute approximate surface area is 114 Å². The van der Waals surface area contributed by atoms with Crippen molar-refractivity contribution in [3.05, 3.63) is 42.5 Å². The van der Waals surface area contributed by atoms with Crippen molar-refractivity contribution >= 4 is 27.8 Å². The van der Waals surface area contributed by atoms with Gasteiger partial charge in [-0.05, 0) is 17.7 Å². The summed E-state index contributed by atoms with van der Waals surface area (Å²) in [4.78, 5) is 14.1. The lowest BCUT2D eigenvalue weighted by atomic mass is 10.2. The third-order valence-corrected chi connectivity index (χ3v) is 3.56. The van der Waals surface area contributed by atoms with E-state index >= 15 is 0 Å². The summed E-state index contributed by atoms with van der Waals surface area (Å²) in [6.07, 6.45) is 7.39. The first-order valence-corrected chi connectivity index (χ1v) is 6.83. The van der Waals surface area contributed by atoms with Gasteiger partial charge >= 0.3 is 5.97 Å². The van der Waals surface area contributed by atoms with Crippen molar-refractivity contribution in [3.63, 3.8) is 0 Å². The summed E-state index contributed by atoms with van der Waals surface area (Å²) in [5.74, 6) is -1.13. The molecule has 0 aliphatic heterocycles. The number of aromatic nitrogens is 3.